The number of hydrogen-bond donors (Lipinski definition) is 0. The molecule has 0 aliphatic carbocycles. The highest BCUT2D eigenvalue weighted by atomic mass is 35.5. The molecule has 9 heteroatoms. The van der Waals surface area contributed by atoms with Crippen molar-refractivity contribution < 1.29 is 18.9 Å². The Bertz CT molecular complexity index is 1110. The number of halogens is 1. The highest BCUT2D eigenvalue weighted by molar-refractivity contribution is 7.12. The van der Waals surface area contributed by atoms with Crippen LogP contribution in [-0.4, -0.2) is 16.8 Å². The lowest BCUT2D eigenvalue weighted by molar-refractivity contribution is -0.384. The summed E-state index contributed by atoms with van der Waals surface area (Å²) in [7, 11) is 0. The monoisotopic (exact) mass is 400 g/mol. The highest BCUT2D eigenvalue weighted by Crippen LogP contribution is 2.33. The van der Waals surface area contributed by atoms with Crippen molar-refractivity contribution in [2.24, 2.45) is 4.99 Å². The number of nitrogens with zero attached hydrogens (tertiary/aromatic N) is 2. The van der Waals surface area contributed by atoms with Crippen LogP contribution in [0.4, 0.5) is 5.69 Å². The van der Waals surface area contributed by atoms with Crippen LogP contribution in [0.1, 0.15) is 10.6 Å². The lowest BCUT2D eigenvalue weighted by atomic mass is 10.1. The van der Waals surface area contributed by atoms with Crippen LogP contribution in [0.15, 0.2) is 63.0 Å². The molecule has 0 spiro atoms. The van der Waals surface area contributed by atoms with Gasteiger partial charge >= 0.3 is 5.97 Å². The zero-order valence-corrected chi connectivity index (χ0v) is 15.0. The fourth-order valence-electron chi connectivity index (χ4n) is 2.44. The highest BCUT2D eigenvalue weighted by Gasteiger charge is 2.25. The molecule has 1 aliphatic rings. The van der Waals surface area contributed by atoms with E-state index in [1.54, 1.807) is 18.2 Å². The first-order chi connectivity index (χ1) is 13.0. The van der Waals surface area contributed by atoms with Gasteiger partial charge in [0.25, 0.3) is 5.69 Å². The molecule has 2 aromatic heterocycles. The Balaban J connectivity index is 1.63. The number of nitro benzene ring substituents is 1. The molecule has 0 atom stereocenters. The van der Waals surface area contributed by atoms with E-state index in [-0.39, 0.29) is 22.3 Å². The van der Waals surface area contributed by atoms with Crippen molar-refractivity contribution in [3.63, 3.8) is 0 Å². The summed E-state index contributed by atoms with van der Waals surface area (Å²) in [6, 6.07) is 11.0. The first-order valence-corrected chi connectivity index (χ1v) is 8.87. The van der Waals surface area contributed by atoms with Crippen LogP contribution >= 0.6 is 22.9 Å². The average molecular weight is 401 g/mol. The van der Waals surface area contributed by atoms with Gasteiger partial charge < -0.3 is 9.15 Å². The normalized spacial score (nSPS) is 15.1. The van der Waals surface area contributed by atoms with Gasteiger partial charge in [0, 0.05) is 23.8 Å². The van der Waals surface area contributed by atoms with Gasteiger partial charge in [0.2, 0.25) is 5.90 Å². The van der Waals surface area contributed by atoms with Crippen LogP contribution in [0.2, 0.25) is 5.02 Å². The van der Waals surface area contributed by atoms with Gasteiger partial charge in [0.05, 0.1) is 14.8 Å². The van der Waals surface area contributed by atoms with Crippen molar-refractivity contribution in [3.05, 3.63) is 79.3 Å². The van der Waals surface area contributed by atoms with Gasteiger partial charge in [-0.1, -0.05) is 17.7 Å². The minimum atomic E-state index is -0.565. The Morgan fingerprint density at radius 2 is 2.07 bits per heavy atom. The predicted octanol–water partition coefficient (Wildman–Crippen LogP) is 4.91. The van der Waals surface area contributed by atoms with Gasteiger partial charge in [-0.05, 0) is 29.6 Å². The van der Waals surface area contributed by atoms with E-state index in [0.717, 1.165) is 4.88 Å². The van der Waals surface area contributed by atoms with Crippen molar-refractivity contribution in [1.82, 2.24) is 0 Å². The van der Waals surface area contributed by atoms with E-state index < -0.39 is 10.9 Å². The van der Waals surface area contributed by atoms with Gasteiger partial charge in [-0.25, -0.2) is 9.79 Å². The number of rotatable bonds is 4. The van der Waals surface area contributed by atoms with E-state index in [9.17, 15) is 14.9 Å². The zero-order valence-electron chi connectivity index (χ0n) is 13.4. The number of esters is 1. The fraction of sp³-hybridized carbons (Fsp3) is 0. The van der Waals surface area contributed by atoms with E-state index in [2.05, 4.69) is 4.99 Å². The molecular formula is C18H9ClN2O5S. The van der Waals surface area contributed by atoms with E-state index in [1.165, 1.54) is 35.6 Å². The van der Waals surface area contributed by atoms with Gasteiger partial charge in [-0.3, -0.25) is 10.1 Å². The van der Waals surface area contributed by atoms with Crippen LogP contribution in [0.25, 0.3) is 17.4 Å². The van der Waals surface area contributed by atoms with Crippen molar-refractivity contribution in [1.29, 1.82) is 0 Å². The summed E-state index contributed by atoms with van der Waals surface area (Å²) in [5.74, 6) is 0.481. The Morgan fingerprint density at radius 1 is 1.22 bits per heavy atom. The number of nitro groups is 1. The van der Waals surface area contributed by atoms with Gasteiger partial charge in [-0.2, -0.15) is 0 Å². The maximum absolute atomic E-state index is 12.0. The zero-order chi connectivity index (χ0) is 19.0. The molecule has 0 unspecified atom stereocenters. The lowest BCUT2D eigenvalue weighted by Crippen LogP contribution is -2.03. The van der Waals surface area contributed by atoms with Crippen LogP contribution in [0.5, 0.6) is 0 Å². The number of aliphatic imine (C=N–C) groups is 1. The lowest BCUT2D eigenvalue weighted by Gasteiger charge is -2.00. The quantitative estimate of drug-likeness (QED) is 0.268. The van der Waals surface area contributed by atoms with Crippen molar-refractivity contribution in [2.45, 2.75) is 0 Å². The molecule has 3 heterocycles. The predicted molar refractivity (Wildman–Crippen MR) is 101 cm³/mol. The standard InChI is InChI=1S/C18H9ClN2O5S/c19-13-8-10(21(23)24)3-5-12(13)15-6-4-11(25-15)9-14-18(22)26-17(20-14)16-2-1-7-27-16/h1-9H. The summed E-state index contributed by atoms with van der Waals surface area (Å²) in [6.45, 7) is 0. The van der Waals surface area contributed by atoms with Gasteiger partial charge in [-0.15, -0.1) is 11.3 Å². The number of cyclic esters (lactones) is 1. The van der Waals surface area contributed by atoms with E-state index in [0.29, 0.717) is 17.1 Å². The number of carbonyl (C=O) groups is 1. The number of carbonyl (C=O) groups excluding carboxylic acids is 1. The molecule has 0 bridgehead atoms. The number of benzene rings is 1. The van der Waals surface area contributed by atoms with E-state index >= 15 is 0 Å². The molecule has 1 aliphatic heterocycles. The molecule has 27 heavy (non-hydrogen) atoms. The molecule has 3 aromatic rings. The Kier molecular flexibility index (Phi) is 4.35. The molecule has 1 aromatic carbocycles. The third kappa shape index (κ3) is 3.40. The average Bonchev–Trinajstić information content (AvgIpc) is 3.37. The number of thiophene rings is 1. The summed E-state index contributed by atoms with van der Waals surface area (Å²) in [4.78, 5) is 27.2. The number of ether oxygens (including phenoxy) is 1. The van der Waals surface area contributed by atoms with Crippen LogP contribution < -0.4 is 0 Å². The summed E-state index contributed by atoms with van der Waals surface area (Å²) in [5, 5.41) is 12.9. The van der Waals surface area contributed by atoms with E-state index in [4.69, 9.17) is 20.8 Å². The molecule has 0 saturated carbocycles. The summed E-state index contributed by atoms with van der Waals surface area (Å²) >= 11 is 7.53. The second-order valence-electron chi connectivity index (χ2n) is 5.44. The molecule has 4 rings (SSSR count). The first-order valence-electron chi connectivity index (χ1n) is 7.62. The molecule has 0 amide bonds. The van der Waals surface area contributed by atoms with Crippen molar-refractivity contribution in [2.75, 3.05) is 0 Å². The largest absolute Gasteiger partial charge is 0.457 e. The molecule has 0 fully saturated rings. The molecule has 134 valence electrons. The first kappa shape index (κ1) is 17.2. The maximum atomic E-state index is 12.0. The van der Waals surface area contributed by atoms with Crippen LogP contribution in [-0.2, 0) is 9.53 Å². The Hall–Kier alpha value is -3.23. The Labute approximate surface area is 161 Å². The molecule has 0 N–H and O–H groups in total. The Morgan fingerprint density at radius 3 is 2.78 bits per heavy atom. The molecule has 0 radical (unpaired) electrons. The van der Waals surface area contributed by atoms with Crippen LogP contribution in [0, 0.1) is 10.1 Å². The maximum Gasteiger partial charge on any atom is 0.363 e. The molecular weight excluding hydrogens is 392 g/mol. The number of furan rings is 1. The van der Waals surface area contributed by atoms with Crippen molar-refractivity contribution in [3.8, 4) is 11.3 Å². The molecule has 7 nitrogen and oxygen atoms in total. The molecule has 0 saturated heterocycles. The minimum absolute atomic E-state index is 0.109. The second-order valence-corrected chi connectivity index (χ2v) is 6.79. The SMILES string of the molecule is O=C1OC(c2cccs2)=NC1=Cc1ccc(-c2ccc([N+](=O)[O-])cc2Cl)o1. The summed E-state index contributed by atoms with van der Waals surface area (Å²) < 4.78 is 10.8. The number of hydrogen-bond acceptors (Lipinski definition) is 7. The van der Waals surface area contributed by atoms with Gasteiger partial charge in [0.1, 0.15) is 11.5 Å². The smallest absolute Gasteiger partial charge is 0.363 e. The fourth-order valence-corrected chi connectivity index (χ4v) is 3.36. The third-order valence-corrected chi connectivity index (χ3v) is 4.86. The topological polar surface area (TPSA) is 94.9 Å². The number of non-ortho nitro benzene ring substituents is 1. The van der Waals surface area contributed by atoms with E-state index in [1.807, 2.05) is 11.4 Å². The van der Waals surface area contributed by atoms with Gasteiger partial charge in [0.15, 0.2) is 5.70 Å². The third-order valence-electron chi connectivity index (χ3n) is 3.69. The summed E-state index contributed by atoms with van der Waals surface area (Å²) in [6.07, 6.45) is 1.46. The second kappa shape index (κ2) is 6.82. The van der Waals surface area contributed by atoms with Crippen molar-refractivity contribution >= 4 is 46.6 Å². The van der Waals surface area contributed by atoms with Crippen LogP contribution in [0.3, 0.4) is 0 Å². The minimum Gasteiger partial charge on any atom is -0.457 e. The summed E-state index contributed by atoms with van der Waals surface area (Å²) in [5.41, 5.74) is 0.513.